The van der Waals surface area contributed by atoms with Crippen LogP contribution in [0.4, 0.5) is 10.1 Å². The van der Waals surface area contributed by atoms with Gasteiger partial charge in [-0.3, -0.25) is 9.59 Å². The number of hydrogen-bond acceptors (Lipinski definition) is 5. The Kier molecular flexibility index (Phi) is 4.06. The molecule has 24 heavy (non-hydrogen) atoms. The van der Waals surface area contributed by atoms with Crippen LogP contribution in [-0.2, 0) is 16.1 Å². The summed E-state index contributed by atoms with van der Waals surface area (Å²) in [5.41, 5.74) is 0.286. The minimum atomic E-state index is -1.16. The summed E-state index contributed by atoms with van der Waals surface area (Å²) >= 11 is 0. The largest absolute Gasteiger partial charge is 0.493 e. The zero-order valence-corrected chi connectivity index (χ0v) is 12.1. The van der Waals surface area contributed by atoms with Crippen LogP contribution in [0, 0.1) is 5.82 Å². The lowest BCUT2D eigenvalue weighted by Crippen LogP contribution is -2.28. The van der Waals surface area contributed by atoms with Crippen molar-refractivity contribution in [3.05, 3.63) is 48.2 Å². The zero-order chi connectivity index (χ0) is 17.1. The van der Waals surface area contributed by atoms with Crippen LogP contribution in [0.1, 0.15) is 5.76 Å². The number of aromatic nitrogens is 1. The summed E-state index contributed by atoms with van der Waals surface area (Å²) in [6.45, 7) is 0.0244. The van der Waals surface area contributed by atoms with E-state index < -0.39 is 17.6 Å². The van der Waals surface area contributed by atoms with E-state index in [-0.39, 0.29) is 23.5 Å². The quantitative estimate of drug-likeness (QED) is 0.505. The number of carbonyl (C=O) groups is 2. The number of hydrogen-bond donors (Lipinski definition) is 3. The van der Waals surface area contributed by atoms with Crippen molar-refractivity contribution < 1.29 is 23.5 Å². The Hall–Kier alpha value is -3.49. The predicted octanol–water partition coefficient (Wildman–Crippen LogP) is 2.53. The molecule has 0 radical (unpaired) electrons. The van der Waals surface area contributed by atoms with Crippen molar-refractivity contribution in [3.8, 4) is 5.88 Å². The molecule has 0 fully saturated rings. The predicted molar refractivity (Wildman–Crippen MR) is 80.0 cm³/mol. The number of fused-ring (bicyclic) bond motifs is 1. The molecule has 0 aliphatic heterocycles. The molecule has 0 saturated heterocycles. The van der Waals surface area contributed by atoms with Crippen molar-refractivity contribution in [3.63, 3.8) is 0 Å². The minimum absolute atomic E-state index is 0.0244. The first-order valence-corrected chi connectivity index (χ1v) is 6.81. The fourth-order valence-corrected chi connectivity index (χ4v) is 2.03. The molecule has 3 N–H and O–H groups in total. The van der Waals surface area contributed by atoms with Gasteiger partial charge in [-0.2, -0.15) is 0 Å². The van der Waals surface area contributed by atoms with Gasteiger partial charge in [0, 0.05) is 5.39 Å². The van der Waals surface area contributed by atoms with Crippen LogP contribution < -0.4 is 5.32 Å². The van der Waals surface area contributed by atoms with Crippen LogP contribution in [0.15, 0.2) is 51.2 Å². The van der Waals surface area contributed by atoms with Crippen LogP contribution in [-0.4, -0.2) is 21.9 Å². The second kappa shape index (κ2) is 6.32. The van der Waals surface area contributed by atoms with Gasteiger partial charge in [0.25, 0.3) is 0 Å². The van der Waals surface area contributed by atoms with Crippen molar-refractivity contribution in [2.75, 3.05) is 0 Å². The van der Waals surface area contributed by atoms with Gasteiger partial charge in [-0.25, -0.2) is 4.39 Å². The highest BCUT2D eigenvalue weighted by atomic mass is 19.1. The Balaban J connectivity index is 1.73. The topological polar surface area (TPSA) is 120 Å². The van der Waals surface area contributed by atoms with E-state index in [0.717, 1.165) is 6.07 Å². The van der Waals surface area contributed by atoms with E-state index in [2.05, 4.69) is 20.5 Å². The van der Waals surface area contributed by atoms with Gasteiger partial charge in [-0.05, 0) is 30.3 Å². The normalized spacial score (nSPS) is 11.2. The summed E-state index contributed by atoms with van der Waals surface area (Å²) in [6.07, 6.45) is 1.43. The van der Waals surface area contributed by atoms with Crippen LogP contribution in [0.3, 0.4) is 0 Å². The summed E-state index contributed by atoms with van der Waals surface area (Å²) in [5, 5.41) is 19.1. The Labute approximate surface area is 134 Å². The molecule has 3 aromatic rings. The van der Waals surface area contributed by atoms with Crippen molar-refractivity contribution in [2.24, 2.45) is 10.2 Å². The van der Waals surface area contributed by atoms with Gasteiger partial charge in [-0.15, -0.1) is 10.2 Å². The Bertz CT molecular complexity index is 931. The molecule has 122 valence electrons. The standard InChI is InChI=1S/C15H11FN4O4/c16-8-3-4-11-10(6-8)12(13(21)18-11)19-20-15(23)14(22)17-7-9-2-1-5-24-9/h1-6,18,21H,7H2,(H,17,22). The maximum absolute atomic E-state index is 13.3. The molecule has 0 aliphatic rings. The van der Waals surface area contributed by atoms with Crippen LogP contribution >= 0.6 is 0 Å². The number of aromatic amines is 1. The van der Waals surface area contributed by atoms with Crippen LogP contribution in [0.2, 0.25) is 0 Å². The van der Waals surface area contributed by atoms with E-state index in [0.29, 0.717) is 11.3 Å². The smallest absolute Gasteiger partial charge is 0.353 e. The third-order valence-corrected chi connectivity index (χ3v) is 3.15. The summed E-state index contributed by atoms with van der Waals surface area (Å²) in [4.78, 5) is 25.8. The fraction of sp³-hybridized carbons (Fsp3) is 0.0667. The number of carbonyl (C=O) groups excluding carboxylic acids is 2. The van der Waals surface area contributed by atoms with Crippen LogP contribution in [0.5, 0.6) is 5.88 Å². The highest BCUT2D eigenvalue weighted by Gasteiger charge is 2.15. The van der Waals surface area contributed by atoms with Gasteiger partial charge in [-0.1, -0.05) is 0 Å². The maximum atomic E-state index is 13.3. The number of furan rings is 1. The van der Waals surface area contributed by atoms with E-state index in [1.807, 2.05) is 0 Å². The van der Waals surface area contributed by atoms with Crippen molar-refractivity contribution in [1.82, 2.24) is 10.3 Å². The lowest BCUT2D eigenvalue weighted by Gasteiger charge is -1.98. The van der Waals surface area contributed by atoms with Gasteiger partial charge in [0.2, 0.25) is 5.88 Å². The van der Waals surface area contributed by atoms with Gasteiger partial charge in [0.15, 0.2) is 5.69 Å². The van der Waals surface area contributed by atoms with E-state index in [4.69, 9.17) is 4.42 Å². The molecule has 3 rings (SSSR count). The molecule has 8 nitrogen and oxygen atoms in total. The van der Waals surface area contributed by atoms with Gasteiger partial charge in [0.05, 0.1) is 18.3 Å². The second-order valence-electron chi connectivity index (χ2n) is 4.78. The minimum Gasteiger partial charge on any atom is -0.493 e. The van der Waals surface area contributed by atoms with Gasteiger partial charge < -0.3 is 19.8 Å². The van der Waals surface area contributed by atoms with Crippen molar-refractivity contribution in [2.45, 2.75) is 6.54 Å². The van der Waals surface area contributed by atoms with Gasteiger partial charge >= 0.3 is 11.8 Å². The number of rotatable bonds is 3. The fourth-order valence-electron chi connectivity index (χ4n) is 2.03. The zero-order valence-electron chi connectivity index (χ0n) is 12.1. The average molecular weight is 330 g/mol. The molecule has 9 heteroatoms. The molecular formula is C15H11FN4O4. The number of nitrogens with zero attached hydrogens (tertiary/aromatic N) is 2. The highest BCUT2D eigenvalue weighted by molar-refractivity contribution is 6.35. The second-order valence-corrected chi connectivity index (χ2v) is 4.78. The number of benzene rings is 1. The monoisotopic (exact) mass is 330 g/mol. The molecule has 0 unspecified atom stereocenters. The SMILES string of the molecule is O=C(N=Nc1c(O)[nH]c2ccc(F)cc12)C(=O)NCc1ccco1. The molecule has 2 aromatic heterocycles. The van der Waals surface area contributed by atoms with E-state index >= 15 is 0 Å². The van der Waals surface area contributed by atoms with E-state index in [1.165, 1.54) is 18.4 Å². The first-order chi connectivity index (χ1) is 11.5. The molecule has 0 saturated carbocycles. The number of aromatic hydroxyl groups is 1. The molecule has 0 spiro atoms. The maximum Gasteiger partial charge on any atom is 0.353 e. The lowest BCUT2D eigenvalue weighted by atomic mass is 10.2. The number of azo groups is 1. The molecule has 2 amide bonds. The van der Waals surface area contributed by atoms with Crippen molar-refractivity contribution in [1.29, 1.82) is 0 Å². The highest BCUT2D eigenvalue weighted by Crippen LogP contribution is 2.35. The van der Waals surface area contributed by atoms with E-state index in [1.54, 1.807) is 12.1 Å². The Morgan fingerprint density at radius 3 is 2.92 bits per heavy atom. The molecule has 1 aromatic carbocycles. The third-order valence-electron chi connectivity index (χ3n) is 3.15. The Morgan fingerprint density at radius 2 is 2.17 bits per heavy atom. The average Bonchev–Trinajstić information content (AvgIpc) is 3.17. The first-order valence-electron chi connectivity index (χ1n) is 6.81. The number of halogens is 1. The molecule has 0 bridgehead atoms. The van der Waals surface area contributed by atoms with E-state index in [9.17, 15) is 19.1 Å². The van der Waals surface area contributed by atoms with Crippen molar-refractivity contribution >= 4 is 28.4 Å². The summed E-state index contributed by atoms with van der Waals surface area (Å²) in [6, 6.07) is 7.00. The molecule has 0 aliphatic carbocycles. The third kappa shape index (κ3) is 3.14. The number of H-pyrrole nitrogens is 1. The Morgan fingerprint density at radius 1 is 1.33 bits per heavy atom. The summed E-state index contributed by atoms with van der Waals surface area (Å²) < 4.78 is 18.3. The van der Waals surface area contributed by atoms with Gasteiger partial charge in [0.1, 0.15) is 11.6 Å². The summed E-state index contributed by atoms with van der Waals surface area (Å²) in [5.74, 6) is -2.60. The molecule has 0 atom stereocenters. The molecular weight excluding hydrogens is 319 g/mol. The lowest BCUT2D eigenvalue weighted by molar-refractivity contribution is -0.137. The number of nitrogens with one attached hydrogen (secondary N) is 2. The summed E-state index contributed by atoms with van der Waals surface area (Å²) in [7, 11) is 0. The number of amides is 2. The molecule has 2 heterocycles. The van der Waals surface area contributed by atoms with Crippen LogP contribution in [0.25, 0.3) is 10.9 Å². The first kappa shape index (κ1) is 15.4.